The molecule has 1 aromatic carbocycles. The van der Waals surface area contributed by atoms with Gasteiger partial charge in [0.25, 0.3) is 0 Å². The first-order valence-corrected chi connectivity index (χ1v) is 7.75. The highest BCUT2D eigenvalue weighted by molar-refractivity contribution is 7.99. The van der Waals surface area contributed by atoms with Gasteiger partial charge < -0.3 is 15.2 Å². The summed E-state index contributed by atoms with van der Waals surface area (Å²) >= 11 is 1.73. The van der Waals surface area contributed by atoms with Crippen LogP contribution in [0.25, 0.3) is 0 Å². The van der Waals surface area contributed by atoms with E-state index in [0.29, 0.717) is 13.0 Å². The normalized spacial score (nSPS) is 13.8. The summed E-state index contributed by atoms with van der Waals surface area (Å²) in [5.74, 6) is 0.967. The predicted molar refractivity (Wildman–Crippen MR) is 82.7 cm³/mol. The first-order chi connectivity index (χ1) is 9.51. The van der Waals surface area contributed by atoms with Gasteiger partial charge in [-0.05, 0) is 56.3 Å². The van der Waals surface area contributed by atoms with E-state index in [1.54, 1.807) is 25.8 Å². The molecule has 1 rings (SSSR count). The number of ether oxygens (including phenoxy) is 1. The summed E-state index contributed by atoms with van der Waals surface area (Å²) in [6, 6.07) is 7.90. The van der Waals surface area contributed by atoms with Crippen LogP contribution in [0.4, 0.5) is 0 Å². The molecule has 20 heavy (non-hydrogen) atoms. The lowest BCUT2D eigenvalue weighted by atomic mass is 9.96. The van der Waals surface area contributed by atoms with Crippen LogP contribution in [0.3, 0.4) is 0 Å². The second-order valence-electron chi connectivity index (χ2n) is 4.80. The molecule has 1 aromatic rings. The predicted octanol–water partition coefficient (Wildman–Crippen LogP) is 3.02. The fourth-order valence-electron chi connectivity index (χ4n) is 1.95. The van der Waals surface area contributed by atoms with Crippen molar-refractivity contribution in [1.29, 1.82) is 0 Å². The number of likely N-dealkylation sites (N-methyl/N-ethyl adjacent to an activating group) is 1. The number of rotatable bonds is 9. The zero-order valence-corrected chi connectivity index (χ0v) is 13.1. The molecule has 5 heteroatoms. The molecule has 4 nitrogen and oxygen atoms in total. The van der Waals surface area contributed by atoms with Gasteiger partial charge in [0.15, 0.2) is 0 Å². The quantitative estimate of drug-likeness (QED) is 0.542. The molecule has 1 atom stereocenters. The van der Waals surface area contributed by atoms with Gasteiger partial charge in [-0.15, -0.1) is 11.8 Å². The second kappa shape index (κ2) is 8.17. The Morgan fingerprint density at radius 1 is 1.40 bits per heavy atom. The lowest BCUT2D eigenvalue weighted by Crippen LogP contribution is -2.49. The van der Waals surface area contributed by atoms with Gasteiger partial charge in [0, 0.05) is 4.90 Å². The van der Waals surface area contributed by atoms with Crippen molar-refractivity contribution in [2.24, 2.45) is 0 Å². The molecule has 0 aliphatic carbocycles. The Hall–Kier alpha value is -1.20. The van der Waals surface area contributed by atoms with Crippen molar-refractivity contribution < 1.29 is 14.6 Å². The van der Waals surface area contributed by atoms with E-state index in [4.69, 9.17) is 4.74 Å². The summed E-state index contributed by atoms with van der Waals surface area (Å²) < 4.78 is 5.11. The van der Waals surface area contributed by atoms with Gasteiger partial charge >= 0.3 is 5.97 Å². The summed E-state index contributed by atoms with van der Waals surface area (Å²) in [5.41, 5.74) is -0.824. The van der Waals surface area contributed by atoms with Gasteiger partial charge in [0.2, 0.25) is 0 Å². The van der Waals surface area contributed by atoms with E-state index in [9.17, 15) is 9.90 Å². The number of carboxylic acid groups (broad SMARTS) is 1. The van der Waals surface area contributed by atoms with Crippen LogP contribution < -0.4 is 10.1 Å². The van der Waals surface area contributed by atoms with Crippen LogP contribution in [-0.2, 0) is 4.79 Å². The van der Waals surface area contributed by atoms with Gasteiger partial charge in [-0.3, -0.25) is 4.79 Å². The third kappa shape index (κ3) is 5.06. The Morgan fingerprint density at radius 3 is 2.55 bits per heavy atom. The van der Waals surface area contributed by atoms with Gasteiger partial charge in [0.1, 0.15) is 11.3 Å². The van der Waals surface area contributed by atoms with Crippen LogP contribution in [-0.4, -0.2) is 36.0 Å². The number of methoxy groups -OCH3 is 1. The van der Waals surface area contributed by atoms with E-state index in [0.717, 1.165) is 17.9 Å². The van der Waals surface area contributed by atoms with Crippen molar-refractivity contribution >= 4 is 17.7 Å². The fraction of sp³-hybridized carbons (Fsp3) is 0.533. The van der Waals surface area contributed by atoms with Crippen LogP contribution >= 0.6 is 11.8 Å². The van der Waals surface area contributed by atoms with Crippen LogP contribution in [0.1, 0.15) is 26.7 Å². The molecule has 2 N–H and O–H groups in total. The Kier molecular flexibility index (Phi) is 6.88. The van der Waals surface area contributed by atoms with Gasteiger partial charge in [-0.1, -0.05) is 6.92 Å². The number of carboxylic acids is 1. The molecule has 0 aliphatic heterocycles. The smallest absolute Gasteiger partial charge is 0.323 e. The first-order valence-electron chi connectivity index (χ1n) is 6.77. The molecule has 0 fully saturated rings. The van der Waals surface area contributed by atoms with E-state index in [2.05, 4.69) is 5.32 Å². The first kappa shape index (κ1) is 16.9. The number of hydrogen-bond donors (Lipinski definition) is 2. The number of benzene rings is 1. The molecular weight excluding hydrogens is 274 g/mol. The van der Waals surface area contributed by atoms with E-state index in [1.807, 2.05) is 31.2 Å². The number of hydrogen-bond acceptors (Lipinski definition) is 4. The summed E-state index contributed by atoms with van der Waals surface area (Å²) in [6.07, 6.45) is 1.48. The summed E-state index contributed by atoms with van der Waals surface area (Å²) in [4.78, 5) is 12.4. The topological polar surface area (TPSA) is 58.6 Å². The third-order valence-corrected chi connectivity index (χ3v) is 4.29. The average Bonchev–Trinajstić information content (AvgIpc) is 2.44. The molecule has 0 aromatic heterocycles. The highest BCUT2D eigenvalue weighted by atomic mass is 32.2. The molecular formula is C15H23NO3S. The zero-order valence-electron chi connectivity index (χ0n) is 12.3. The Morgan fingerprint density at radius 2 is 2.05 bits per heavy atom. The third-order valence-electron chi connectivity index (χ3n) is 3.19. The summed E-state index contributed by atoms with van der Waals surface area (Å²) in [7, 11) is 1.65. The molecule has 1 unspecified atom stereocenters. The van der Waals surface area contributed by atoms with E-state index in [-0.39, 0.29) is 0 Å². The van der Waals surface area contributed by atoms with Crippen molar-refractivity contribution in [3.05, 3.63) is 24.3 Å². The monoisotopic (exact) mass is 297 g/mol. The number of carbonyl (C=O) groups is 1. The Balaban J connectivity index is 2.37. The van der Waals surface area contributed by atoms with Crippen molar-refractivity contribution in [2.45, 2.75) is 37.1 Å². The Labute approximate surface area is 124 Å². The molecule has 0 saturated heterocycles. The molecule has 0 spiro atoms. The second-order valence-corrected chi connectivity index (χ2v) is 5.96. The molecule has 0 saturated carbocycles. The highest BCUT2D eigenvalue weighted by Gasteiger charge is 2.30. The minimum Gasteiger partial charge on any atom is -0.497 e. The molecule has 0 heterocycles. The number of nitrogens with one attached hydrogen (secondary N) is 1. The van der Waals surface area contributed by atoms with Crippen molar-refractivity contribution in [3.63, 3.8) is 0 Å². The standard InChI is InChI=1S/C15H23NO3S/c1-4-16-15(2,14(17)18)10-5-11-20-13-8-6-12(19-3)7-9-13/h6-9,16H,4-5,10-11H2,1-3H3,(H,17,18). The van der Waals surface area contributed by atoms with Crippen LogP contribution in [0.15, 0.2) is 29.2 Å². The van der Waals surface area contributed by atoms with E-state index >= 15 is 0 Å². The number of thioether (sulfide) groups is 1. The molecule has 112 valence electrons. The van der Waals surface area contributed by atoms with Crippen LogP contribution in [0.2, 0.25) is 0 Å². The number of aliphatic carboxylic acids is 1. The lowest BCUT2D eigenvalue weighted by molar-refractivity contribution is -0.144. The maximum Gasteiger partial charge on any atom is 0.323 e. The van der Waals surface area contributed by atoms with Crippen LogP contribution in [0.5, 0.6) is 5.75 Å². The van der Waals surface area contributed by atoms with Gasteiger partial charge in [-0.25, -0.2) is 0 Å². The summed E-state index contributed by atoms with van der Waals surface area (Å²) in [6.45, 7) is 4.33. The minimum absolute atomic E-state index is 0.624. The Bertz CT molecular complexity index is 422. The zero-order chi connectivity index (χ0) is 15.0. The van der Waals surface area contributed by atoms with Crippen LogP contribution in [0, 0.1) is 0 Å². The van der Waals surface area contributed by atoms with Crippen molar-refractivity contribution in [3.8, 4) is 5.75 Å². The highest BCUT2D eigenvalue weighted by Crippen LogP contribution is 2.23. The molecule has 0 aliphatic rings. The SMILES string of the molecule is CCNC(C)(CCCSc1ccc(OC)cc1)C(=O)O. The van der Waals surface area contributed by atoms with E-state index < -0.39 is 11.5 Å². The van der Waals surface area contributed by atoms with Gasteiger partial charge in [0.05, 0.1) is 7.11 Å². The lowest BCUT2D eigenvalue weighted by Gasteiger charge is -2.25. The maximum absolute atomic E-state index is 11.3. The summed E-state index contributed by atoms with van der Waals surface area (Å²) in [5, 5.41) is 12.3. The minimum atomic E-state index is -0.824. The maximum atomic E-state index is 11.3. The molecule has 0 bridgehead atoms. The van der Waals surface area contributed by atoms with Crippen molar-refractivity contribution in [2.75, 3.05) is 19.4 Å². The molecule has 0 radical (unpaired) electrons. The molecule has 0 amide bonds. The average molecular weight is 297 g/mol. The van der Waals surface area contributed by atoms with Crippen molar-refractivity contribution in [1.82, 2.24) is 5.32 Å². The fourth-order valence-corrected chi connectivity index (χ4v) is 2.80. The van der Waals surface area contributed by atoms with E-state index in [1.165, 1.54) is 4.90 Å². The largest absolute Gasteiger partial charge is 0.497 e. The van der Waals surface area contributed by atoms with Gasteiger partial charge in [-0.2, -0.15) is 0 Å².